The number of amides is 3. The van der Waals surface area contributed by atoms with Crippen molar-refractivity contribution in [2.24, 2.45) is 0 Å². The molecule has 0 bridgehead atoms. The Labute approximate surface area is 256 Å². The topological polar surface area (TPSA) is 84.9 Å². The lowest BCUT2D eigenvalue weighted by Crippen LogP contribution is -2.36. The van der Waals surface area contributed by atoms with Crippen LogP contribution >= 0.6 is 46.0 Å². The molecule has 0 aliphatic carbocycles. The Morgan fingerprint density at radius 3 is 2.51 bits per heavy atom. The van der Waals surface area contributed by atoms with Gasteiger partial charge in [-0.25, -0.2) is 0 Å². The van der Waals surface area contributed by atoms with E-state index in [4.69, 9.17) is 21.1 Å². The molecule has 1 aliphatic rings. The number of imide groups is 1. The van der Waals surface area contributed by atoms with Crippen LogP contribution in [-0.2, 0) is 22.4 Å². The lowest BCUT2D eigenvalue weighted by Gasteiger charge is -2.15. The normalized spacial score (nSPS) is 14.5. The van der Waals surface area contributed by atoms with E-state index in [1.54, 1.807) is 24.3 Å². The second-order valence-electron chi connectivity index (χ2n) is 8.57. The zero-order valence-corrected chi connectivity index (χ0v) is 25.0. The Morgan fingerprint density at radius 2 is 1.83 bits per heavy atom. The first-order chi connectivity index (χ1) is 19.4. The molecule has 0 atom stereocenters. The number of carbonyl (C=O) groups excluding carboxylic acids is 3. The maximum absolute atomic E-state index is 13.0. The van der Waals surface area contributed by atoms with Crippen LogP contribution in [-0.4, -0.2) is 35.1 Å². The fourth-order valence-electron chi connectivity index (χ4n) is 3.72. The molecule has 0 spiro atoms. The minimum absolute atomic E-state index is 0.0787. The van der Waals surface area contributed by atoms with Gasteiger partial charge in [-0.2, -0.15) is 13.2 Å². The van der Waals surface area contributed by atoms with E-state index >= 15 is 0 Å². The molecule has 1 N–H and O–H groups in total. The highest BCUT2D eigenvalue weighted by Crippen LogP contribution is 2.38. The average Bonchev–Trinajstić information content (AvgIpc) is 3.16. The first kappa shape index (κ1) is 30.7. The first-order valence-corrected chi connectivity index (χ1v) is 14.3. The van der Waals surface area contributed by atoms with Crippen LogP contribution in [0.1, 0.15) is 23.6 Å². The number of nitrogens with one attached hydrogen (secondary N) is 1. The van der Waals surface area contributed by atoms with Crippen molar-refractivity contribution in [3.8, 4) is 11.5 Å². The number of anilines is 1. The molecule has 3 amide bonds. The molecular weight excluding hydrogens is 696 g/mol. The summed E-state index contributed by atoms with van der Waals surface area (Å²) in [7, 11) is 0. The summed E-state index contributed by atoms with van der Waals surface area (Å²) >= 11 is 8.68. The van der Waals surface area contributed by atoms with Crippen molar-refractivity contribution in [2.45, 2.75) is 19.7 Å². The van der Waals surface area contributed by atoms with Gasteiger partial charge < -0.3 is 14.8 Å². The molecule has 3 aromatic carbocycles. The van der Waals surface area contributed by atoms with Crippen molar-refractivity contribution >= 4 is 74.8 Å². The highest BCUT2D eigenvalue weighted by molar-refractivity contribution is 14.1. The number of halogens is 5. The lowest BCUT2D eigenvalue weighted by atomic mass is 10.1. The fraction of sp³-hybridized carbons (Fsp3) is 0.179. The standard InChI is InChI=1S/C28H21ClF3IN2O5S/c1-2-39-22-11-17(10-21(33)25(22)40-15-16-6-8-19(29)9-7-16)12-23-26(37)35(27(38)41-23)14-24(36)34-20-5-3-4-18(13-20)28(30,31)32/h3-13H,2,14-15H2,1H3,(H,34,36)/b23-12-. The molecule has 7 nitrogen and oxygen atoms in total. The summed E-state index contributed by atoms with van der Waals surface area (Å²) in [6.45, 7) is 1.79. The average molecular weight is 717 g/mol. The highest BCUT2D eigenvalue weighted by atomic mass is 127. The van der Waals surface area contributed by atoms with Gasteiger partial charge in [0.2, 0.25) is 5.91 Å². The Bertz CT molecular complexity index is 1520. The zero-order chi connectivity index (χ0) is 29.7. The van der Waals surface area contributed by atoms with Crippen molar-refractivity contribution in [2.75, 3.05) is 18.5 Å². The van der Waals surface area contributed by atoms with Gasteiger partial charge in [-0.15, -0.1) is 0 Å². The molecular formula is C28H21ClF3IN2O5S. The number of nitrogens with zero attached hydrogens (tertiary/aromatic N) is 1. The smallest absolute Gasteiger partial charge is 0.416 e. The van der Waals surface area contributed by atoms with Crippen molar-refractivity contribution in [3.63, 3.8) is 0 Å². The number of hydrogen-bond donors (Lipinski definition) is 1. The van der Waals surface area contributed by atoms with E-state index in [0.29, 0.717) is 44.0 Å². The third-order valence-electron chi connectivity index (χ3n) is 5.57. The Balaban J connectivity index is 1.47. The van der Waals surface area contributed by atoms with Crippen LogP contribution in [0, 0.1) is 3.57 Å². The number of benzene rings is 3. The van der Waals surface area contributed by atoms with Crippen LogP contribution in [0.3, 0.4) is 0 Å². The number of thioether (sulfide) groups is 1. The molecule has 0 aromatic heterocycles. The van der Waals surface area contributed by atoms with Gasteiger partial charge in [0.05, 0.1) is 20.6 Å². The summed E-state index contributed by atoms with van der Waals surface area (Å²) < 4.78 is 51.3. The molecule has 4 rings (SSSR count). The SMILES string of the molecule is CCOc1cc(/C=C2\SC(=O)N(CC(=O)Nc3cccc(C(F)(F)F)c3)C2=O)cc(I)c1OCc1ccc(Cl)cc1. The summed E-state index contributed by atoms with van der Waals surface area (Å²) in [6, 6.07) is 14.7. The van der Waals surface area contributed by atoms with E-state index in [9.17, 15) is 27.6 Å². The van der Waals surface area contributed by atoms with Crippen LogP contribution in [0.15, 0.2) is 65.6 Å². The van der Waals surface area contributed by atoms with Gasteiger partial charge in [0.15, 0.2) is 11.5 Å². The molecule has 1 aliphatic heterocycles. The van der Waals surface area contributed by atoms with Crippen LogP contribution < -0.4 is 14.8 Å². The summed E-state index contributed by atoms with van der Waals surface area (Å²) in [5.74, 6) is -0.559. The van der Waals surface area contributed by atoms with E-state index in [0.717, 1.165) is 28.7 Å². The molecule has 214 valence electrons. The third kappa shape index (κ3) is 7.95. The summed E-state index contributed by atoms with van der Waals surface area (Å²) in [5.41, 5.74) is 0.425. The second-order valence-corrected chi connectivity index (χ2v) is 11.2. The van der Waals surface area contributed by atoms with E-state index in [1.807, 2.05) is 19.1 Å². The number of ether oxygens (including phenoxy) is 2. The summed E-state index contributed by atoms with van der Waals surface area (Å²) in [4.78, 5) is 38.8. The van der Waals surface area contributed by atoms with Gasteiger partial charge in [-0.05, 0) is 101 Å². The Hall–Kier alpha value is -3.23. The molecule has 41 heavy (non-hydrogen) atoms. The molecule has 1 heterocycles. The van der Waals surface area contributed by atoms with Crippen molar-refractivity contribution < 1.29 is 37.0 Å². The fourth-order valence-corrected chi connectivity index (χ4v) is 5.46. The van der Waals surface area contributed by atoms with E-state index < -0.39 is 35.3 Å². The number of rotatable bonds is 9. The number of hydrogen-bond acceptors (Lipinski definition) is 6. The van der Waals surface area contributed by atoms with E-state index in [1.165, 1.54) is 12.1 Å². The van der Waals surface area contributed by atoms with Gasteiger partial charge in [0.25, 0.3) is 11.1 Å². The predicted octanol–water partition coefficient (Wildman–Crippen LogP) is 7.62. The minimum atomic E-state index is -4.58. The summed E-state index contributed by atoms with van der Waals surface area (Å²) in [5, 5.41) is 2.23. The van der Waals surface area contributed by atoms with Crippen molar-refractivity contribution in [3.05, 3.63) is 90.9 Å². The van der Waals surface area contributed by atoms with Crippen LogP contribution in [0.5, 0.6) is 11.5 Å². The number of alkyl halides is 3. The molecule has 3 aromatic rings. The van der Waals surface area contributed by atoms with Crippen LogP contribution in [0.25, 0.3) is 6.08 Å². The van der Waals surface area contributed by atoms with Crippen LogP contribution in [0.4, 0.5) is 23.7 Å². The van der Waals surface area contributed by atoms with Crippen molar-refractivity contribution in [1.82, 2.24) is 4.90 Å². The lowest BCUT2D eigenvalue weighted by molar-refractivity contribution is -0.137. The zero-order valence-electron chi connectivity index (χ0n) is 21.3. The maximum atomic E-state index is 13.0. The maximum Gasteiger partial charge on any atom is 0.416 e. The monoisotopic (exact) mass is 716 g/mol. The van der Waals surface area contributed by atoms with Gasteiger partial charge >= 0.3 is 6.18 Å². The minimum Gasteiger partial charge on any atom is -0.490 e. The molecule has 0 unspecified atom stereocenters. The molecule has 1 saturated heterocycles. The van der Waals surface area contributed by atoms with Gasteiger partial charge in [0, 0.05) is 10.7 Å². The van der Waals surface area contributed by atoms with Crippen LogP contribution in [0.2, 0.25) is 5.02 Å². The molecule has 0 saturated carbocycles. The highest BCUT2D eigenvalue weighted by Gasteiger charge is 2.36. The third-order valence-corrected chi connectivity index (χ3v) is 7.54. The first-order valence-electron chi connectivity index (χ1n) is 12.0. The summed E-state index contributed by atoms with van der Waals surface area (Å²) in [6.07, 6.45) is -3.08. The van der Waals surface area contributed by atoms with E-state index in [-0.39, 0.29) is 17.2 Å². The second kappa shape index (κ2) is 13.2. The van der Waals surface area contributed by atoms with Gasteiger partial charge in [-0.3, -0.25) is 19.3 Å². The molecule has 13 heteroatoms. The molecule has 0 radical (unpaired) electrons. The van der Waals surface area contributed by atoms with E-state index in [2.05, 4.69) is 27.9 Å². The Kier molecular flexibility index (Phi) is 9.87. The largest absolute Gasteiger partial charge is 0.490 e. The Morgan fingerprint density at radius 1 is 1.10 bits per heavy atom. The number of carbonyl (C=O) groups is 3. The van der Waals surface area contributed by atoms with Crippen molar-refractivity contribution in [1.29, 1.82) is 0 Å². The van der Waals surface area contributed by atoms with Gasteiger partial charge in [0.1, 0.15) is 13.2 Å². The van der Waals surface area contributed by atoms with Gasteiger partial charge in [-0.1, -0.05) is 29.8 Å². The predicted molar refractivity (Wildman–Crippen MR) is 159 cm³/mol. The molecule has 1 fully saturated rings. The quantitative estimate of drug-likeness (QED) is 0.181.